The molecule has 3 aromatic heterocycles. The number of nitrogens with one attached hydrogen (secondary N) is 2. The highest BCUT2D eigenvalue weighted by molar-refractivity contribution is 7.80. The Bertz CT molecular complexity index is 1540. The van der Waals surface area contributed by atoms with Gasteiger partial charge in [-0.3, -0.25) is 10.1 Å². The van der Waals surface area contributed by atoms with E-state index in [9.17, 15) is 4.79 Å². The molecule has 11 heteroatoms. The number of benzene rings is 2. The highest BCUT2D eigenvalue weighted by Gasteiger charge is 2.16. The third-order valence-corrected chi connectivity index (χ3v) is 6.47. The smallest absolute Gasteiger partial charge is 0.293 e. The number of aryl methyl sites for hydroxylation is 2. The van der Waals surface area contributed by atoms with Crippen molar-refractivity contribution in [2.24, 2.45) is 0 Å². The Hall–Kier alpha value is -3.60. The number of halogens is 1. The van der Waals surface area contributed by atoms with Gasteiger partial charge in [-0.15, -0.1) is 10.2 Å². The Morgan fingerprint density at radius 3 is 2.59 bits per heavy atom. The van der Waals surface area contributed by atoms with Gasteiger partial charge in [0.25, 0.3) is 5.91 Å². The maximum atomic E-state index is 12.6. The van der Waals surface area contributed by atoms with Crippen molar-refractivity contribution in [3.8, 4) is 21.9 Å². The number of carbonyl (C=O) groups excluding carboxylic acids is 1. The van der Waals surface area contributed by atoms with E-state index in [1.54, 1.807) is 28.8 Å². The van der Waals surface area contributed by atoms with Crippen molar-refractivity contribution >= 4 is 56.8 Å². The van der Waals surface area contributed by atoms with E-state index < -0.39 is 5.91 Å². The molecule has 0 saturated heterocycles. The van der Waals surface area contributed by atoms with Crippen LogP contribution in [0.1, 0.15) is 21.9 Å². The van der Waals surface area contributed by atoms with Crippen LogP contribution in [0.5, 0.6) is 0 Å². The van der Waals surface area contributed by atoms with Crippen LogP contribution in [-0.4, -0.2) is 30.8 Å². The van der Waals surface area contributed by atoms with Crippen molar-refractivity contribution in [2.45, 2.75) is 13.8 Å². The molecule has 0 aliphatic rings. The second kappa shape index (κ2) is 8.98. The standard InChI is InChI=1S/C23H17ClN6O2S2/c1-12-3-4-15(21-29-30-13(2)27-28-23(30)34-21)11-17(12)25-22(33)26-20(31)19-10-9-18(32-19)14-5-7-16(24)8-6-14/h3-11H,1-2H3,(H2,25,26,31,33). The lowest BCUT2D eigenvalue weighted by atomic mass is 10.1. The summed E-state index contributed by atoms with van der Waals surface area (Å²) in [6, 6.07) is 16.4. The molecule has 2 aromatic carbocycles. The first-order valence-electron chi connectivity index (χ1n) is 10.2. The summed E-state index contributed by atoms with van der Waals surface area (Å²) in [5.74, 6) is 0.985. The molecule has 3 heterocycles. The molecule has 0 radical (unpaired) electrons. The zero-order chi connectivity index (χ0) is 23.8. The average molecular weight is 509 g/mol. The van der Waals surface area contributed by atoms with E-state index in [0.29, 0.717) is 10.8 Å². The Kier molecular flexibility index (Phi) is 5.86. The van der Waals surface area contributed by atoms with Gasteiger partial charge in [0.05, 0.1) is 0 Å². The number of furan rings is 1. The quantitative estimate of drug-likeness (QED) is 0.309. The minimum Gasteiger partial charge on any atom is -0.451 e. The van der Waals surface area contributed by atoms with Gasteiger partial charge in [0.15, 0.2) is 16.7 Å². The summed E-state index contributed by atoms with van der Waals surface area (Å²) in [5, 5.41) is 20.0. The average Bonchev–Trinajstić information content (AvgIpc) is 3.54. The minimum absolute atomic E-state index is 0.148. The number of hydrogen-bond donors (Lipinski definition) is 2. The fourth-order valence-electron chi connectivity index (χ4n) is 3.27. The molecule has 0 bridgehead atoms. The molecule has 0 aliphatic heterocycles. The minimum atomic E-state index is -0.448. The predicted octanol–water partition coefficient (Wildman–Crippen LogP) is 5.51. The summed E-state index contributed by atoms with van der Waals surface area (Å²) in [6.45, 7) is 3.80. The van der Waals surface area contributed by atoms with Gasteiger partial charge in [-0.1, -0.05) is 35.1 Å². The Labute approximate surface area is 208 Å². The van der Waals surface area contributed by atoms with Crippen LogP contribution in [0.3, 0.4) is 0 Å². The van der Waals surface area contributed by atoms with E-state index in [1.165, 1.54) is 11.3 Å². The van der Waals surface area contributed by atoms with Crippen molar-refractivity contribution in [3.63, 3.8) is 0 Å². The molecule has 0 saturated carbocycles. The van der Waals surface area contributed by atoms with Crippen LogP contribution >= 0.6 is 35.2 Å². The molecule has 2 N–H and O–H groups in total. The second-order valence-electron chi connectivity index (χ2n) is 7.46. The van der Waals surface area contributed by atoms with E-state index in [1.807, 2.05) is 44.2 Å². The number of amides is 1. The zero-order valence-electron chi connectivity index (χ0n) is 18.0. The van der Waals surface area contributed by atoms with Crippen molar-refractivity contribution in [2.75, 3.05) is 5.32 Å². The van der Waals surface area contributed by atoms with E-state index in [2.05, 4.69) is 25.9 Å². The number of fused-ring (bicyclic) bond motifs is 1. The number of hydrogen-bond acceptors (Lipinski definition) is 7. The highest BCUT2D eigenvalue weighted by atomic mass is 35.5. The molecule has 34 heavy (non-hydrogen) atoms. The molecule has 5 rings (SSSR count). The molecule has 0 spiro atoms. The number of anilines is 1. The first kappa shape index (κ1) is 22.2. The molecule has 8 nitrogen and oxygen atoms in total. The van der Waals surface area contributed by atoms with Gasteiger partial charge < -0.3 is 9.73 Å². The third kappa shape index (κ3) is 4.43. The molecule has 0 aliphatic carbocycles. The van der Waals surface area contributed by atoms with Crippen LogP contribution in [0.4, 0.5) is 5.69 Å². The van der Waals surface area contributed by atoms with Gasteiger partial charge in [0, 0.05) is 21.8 Å². The van der Waals surface area contributed by atoms with E-state index in [4.69, 9.17) is 28.2 Å². The number of aromatic nitrogens is 4. The monoisotopic (exact) mass is 508 g/mol. The fraction of sp³-hybridized carbons (Fsp3) is 0.0870. The van der Waals surface area contributed by atoms with E-state index >= 15 is 0 Å². The van der Waals surface area contributed by atoms with Crippen molar-refractivity contribution in [3.05, 3.63) is 76.8 Å². The molecule has 5 aromatic rings. The molecule has 170 valence electrons. The predicted molar refractivity (Wildman–Crippen MR) is 136 cm³/mol. The van der Waals surface area contributed by atoms with Crippen molar-refractivity contribution < 1.29 is 9.21 Å². The lowest BCUT2D eigenvalue weighted by Crippen LogP contribution is -2.34. The second-order valence-corrected chi connectivity index (χ2v) is 9.26. The summed E-state index contributed by atoms with van der Waals surface area (Å²) >= 11 is 12.7. The number of carbonyl (C=O) groups is 1. The highest BCUT2D eigenvalue weighted by Crippen LogP contribution is 2.29. The van der Waals surface area contributed by atoms with Crippen molar-refractivity contribution in [1.29, 1.82) is 0 Å². The Morgan fingerprint density at radius 1 is 1.06 bits per heavy atom. The number of rotatable bonds is 4. The largest absolute Gasteiger partial charge is 0.451 e. The van der Waals surface area contributed by atoms with E-state index in [0.717, 1.165) is 38.2 Å². The molecular formula is C23H17ClN6O2S2. The topological polar surface area (TPSA) is 97.4 Å². The van der Waals surface area contributed by atoms with Gasteiger partial charge in [-0.2, -0.15) is 9.61 Å². The normalized spacial score (nSPS) is 11.0. The van der Waals surface area contributed by atoms with Gasteiger partial charge in [-0.25, -0.2) is 0 Å². The lowest BCUT2D eigenvalue weighted by molar-refractivity contribution is 0.0951. The van der Waals surface area contributed by atoms with Crippen LogP contribution in [0.2, 0.25) is 5.02 Å². The summed E-state index contributed by atoms with van der Waals surface area (Å²) in [7, 11) is 0. The Balaban J connectivity index is 1.29. The maximum absolute atomic E-state index is 12.6. The summed E-state index contributed by atoms with van der Waals surface area (Å²) in [4.78, 5) is 13.4. The van der Waals surface area contributed by atoms with Gasteiger partial charge in [0.2, 0.25) is 4.96 Å². The van der Waals surface area contributed by atoms with Crippen LogP contribution in [-0.2, 0) is 0 Å². The molecule has 0 fully saturated rings. The summed E-state index contributed by atoms with van der Waals surface area (Å²) in [6.07, 6.45) is 0. The van der Waals surface area contributed by atoms with Crippen LogP contribution in [0.25, 0.3) is 26.9 Å². The zero-order valence-corrected chi connectivity index (χ0v) is 20.4. The van der Waals surface area contributed by atoms with Gasteiger partial charge >= 0.3 is 0 Å². The van der Waals surface area contributed by atoms with Crippen LogP contribution in [0, 0.1) is 13.8 Å². The molecule has 1 amide bonds. The van der Waals surface area contributed by atoms with Crippen molar-refractivity contribution in [1.82, 2.24) is 25.1 Å². The lowest BCUT2D eigenvalue weighted by Gasteiger charge is -2.12. The summed E-state index contributed by atoms with van der Waals surface area (Å²) in [5.41, 5.74) is 3.43. The van der Waals surface area contributed by atoms with Crippen LogP contribution in [0.15, 0.2) is 59.0 Å². The molecular weight excluding hydrogens is 492 g/mol. The van der Waals surface area contributed by atoms with Gasteiger partial charge in [0.1, 0.15) is 10.8 Å². The van der Waals surface area contributed by atoms with E-state index in [-0.39, 0.29) is 10.9 Å². The fourth-order valence-corrected chi connectivity index (χ4v) is 4.48. The maximum Gasteiger partial charge on any atom is 0.293 e. The molecule has 0 unspecified atom stereocenters. The number of nitrogens with zero attached hydrogens (tertiary/aromatic N) is 4. The third-order valence-electron chi connectivity index (χ3n) is 5.07. The first-order chi connectivity index (χ1) is 16.4. The SMILES string of the molecule is Cc1ccc(-c2nn3c(C)nnc3s2)cc1NC(=S)NC(=O)c1ccc(-c2ccc(Cl)cc2)o1. The number of thiocarbonyl (C=S) groups is 1. The van der Waals surface area contributed by atoms with Crippen LogP contribution < -0.4 is 10.6 Å². The Morgan fingerprint density at radius 2 is 1.82 bits per heavy atom. The summed E-state index contributed by atoms with van der Waals surface area (Å²) < 4.78 is 7.40. The first-order valence-corrected chi connectivity index (χ1v) is 11.8. The molecule has 0 atom stereocenters. The van der Waals surface area contributed by atoms with Gasteiger partial charge in [-0.05, 0) is 74.1 Å².